The van der Waals surface area contributed by atoms with Crippen molar-refractivity contribution in [3.05, 3.63) is 93.3 Å². The lowest BCUT2D eigenvalue weighted by atomic mass is 9.73. The van der Waals surface area contributed by atoms with Gasteiger partial charge < -0.3 is 10.4 Å². The van der Waals surface area contributed by atoms with E-state index in [0.717, 1.165) is 18.4 Å². The molecule has 3 N–H and O–H groups in total. The van der Waals surface area contributed by atoms with Crippen molar-refractivity contribution in [2.45, 2.75) is 74.2 Å². The predicted octanol–water partition coefficient (Wildman–Crippen LogP) is 7.23. The summed E-state index contributed by atoms with van der Waals surface area (Å²) in [4.78, 5) is 18.7. The Morgan fingerprint density at radius 3 is 2.42 bits per heavy atom. The average Bonchev–Trinajstić information content (AvgIpc) is 3.67. The first kappa shape index (κ1) is 41.5. The Hall–Kier alpha value is -5.26. The SMILES string of the molecule is Cn1nc(NS(C)(=O)=O)c2c(Cl)ccc(-c3ccc(C#CC4(O)CC(F)(F)C4)nc3[C@H](Cc3cccc(F)c3)NC(=O)Cn3nc(C(F)(F)F)c4c3C(F)(F)[C@@H]3CC[C@H]43)c21. The summed E-state index contributed by atoms with van der Waals surface area (Å²) in [6, 6.07) is 9.66. The van der Waals surface area contributed by atoms with Gasteiger partial charge in [-0.05, 0) is 67.0 Å². The fourth-order valence-electron chi connectivity index (χ4n) is 8.40. The van der Waals surface area contributed by atoms with Crippen LogP contribution in [0.1, 0.15) is 71.5 Å². The fraction of sp³-hybridized carbons (Fsp3) is 0.385. The van der Waals surface area contributed by atoms with Crippen molar-refractivity contribution in [3.63, 3.8) is 0 Å². The number of sulfonamides is 1. The van der Waals surface area contributed by atoms with E-state index in [0.29, 0.717) is 10.2 Å². The first-order valence-corrected chi connectivity index (χ1v) is 20.6. The van der Waals surface area contributed by atoms with Crippen LogP contribution in [0, 0.1) is 23.6 Å². The molecule has 3 aliphatic rings. The summed E-state index contributed by atoms with van der Waals surface area (Å²) < 4.78 is 144. The number of amides is 1. The van der Waals surface area contributed by atoms with Crippen LogP contribution < -0.4 is 10.0 Å². The number of aromatic nitrogens is 5. The van der Waals surface area contributed by atoms with E-state index in [2.05, 4.69) is 37.1 Å². The summed E-state index contributed by atoms with van der Waals surface area (Å²) >= 11 is 6.57. The second kappa shape index (κ2) is 14.2. The van der Waals surface area contributed by atoms with Gasteiger partial charge in [0.2, 0.25) is 15.9 Å². The molecule has 2 fully saturated rings. The summed E-state index contributed by atoms with van der Waals surface area (Å²) in [7, 11) is -2.38. The van der Waals surface area contributed by atoms with Crippen LogP contribution in [-0.2, 0) is 46.9 Å². The highest BCUT2D eigenvalue weighted by atomic mass is 35.5. The number of benzene rings is 2. The van der Waals surface area contributed by atoms with Crippen molar-refractivity contribution < 1.29 is 53.4 Å². The molecule has 3 aromatic heterocycles. The Bertz CT molecular complexity index is 2770. The number of nitrogens with zero attached hydrogens (tertiary/aromatic N) is 5. The number of carbonyl (C=O) groups excluding carboxylic acids is 1. The Labute approximate surface area is 341 Å². The van der Waals surface area contributed by atoms with Crippen molar-refractivity contribution in [2.24, 2.45) is 13.0 Å². The van der Waals surface area contributed by atoms with Gasteiger partial charge in [0.25, 0.3) is 11.8 Å². The number of hydrogen-bond donors (Lipinski definition) is 3. The number of aryl methyl sites for hydroxylation is 1. The highest BCUT2D eigenvalue weighted by Crippen LogP contribution is 2.64. The number of pyridine rings is 1. The molecule has 2 saturated carbocycles. The van der Waals surface area contributed by atoms with Gasteiger partial charge in [-0.3, -0.25) is 18.9 Å². The van der Waals surface area contributed by atoms with Crippen LogP contribution in [0.2, 0.25) is 5.02 Å². The lowest BCUT2D eigenvalue weighted by molar-refractivity contribution is -0.176. The number of halogens is 9. The molecule has 60 heavy (non-hydrogen) atoms. The van der Waals surface area contributed by atoms with Crippen LogP contribution >= 0.6 is 11.6 Å². The monoisotopic (exact) mass is 881 g/mol. The number of anilines is 1. The molecule has 21 heteroatoms. The Morgan fingerprint density at radius 2 is 1.78 bits per heavy atom. The number of hydrogen-bond acceptors (Lipinski definition) is 7. The molecule has 1 amide bonds. The third kappa shape index (κ3) is 7.55. The van der Waals surface area contributed by atoms with Gasteiger partial charge in [0.05, 0.1) is 46.8 Å². The number of carbonyl (C=O) groups is 1. The molecular formula is C39H32ClF8N7O4S. The second-order valence-corrected chi connectivity index (χ2v) is 17.6. The number of alkyl halides is 7. The smallest absolute Gasteiger partial charge is 0.377 e. The van der Waals surface area contributed by atoms with E-state index in [1.54, 1.807) is 0 Å². The highest BCUT2D eigenvalue weighted by molar-refractivity contribution is 7.92. The lowest BCUT2D eigenvalue weighted by Crippen LogP contribution is -2.50. The minimum atomic E-state index is -5.10. The van der Waals surface area contributed by atoms with Gasteiger partial charge in [0, 0.05) is 29.7 Å². The first-order valence-electron chi connectivity index (χ1n) is 18.3. The molecule has 0 radical (unpaired) electrons. The molecule has 11 nitrogen and oxygen atoms in total. The summed E-state index contributed by atoms with van der Waals surface area (Å²) in [5.41, 5.74) is -4.29. The van der Waals surface area contributed by atoms with Crippen LogP contribution in [0.25, 0.3) is 22.0 Å². The predicted molar refractivity (Wildman–Crippen MR) is 201 cm³/mol. The summed E-state index contributed by atoms with van der Waals surface area (Å²) in [5.74, 6) is -6.20. The largest absolute Gasteiger partial charge is 0.435 e. The van der Waals surface area contributed by atoms with Crippen molar-refractivity contribution >= 4 is 44.3 Å². The summed E-state index contributed by atoms with van der Waals surface area (Å²) in [5, 5.41) is 21.2. The third-order valence-electron chi connectivity index (χ3n) is 10.9. The van der Waals surface area contributed by atoms with Crippen LogP contribution in [0.3, 0.4) is 0 Å². The zero-order valence-electron chi connectivity index (χ0n) is 31.3. The summed E-state index contributed by atoms with van der Waals surface area (Å²) in [6.07, 6.45) is -6.24. The van der Waals surface area contributed by atoms with Crippen molar-refractivity contribution in [1.82, 2.24) is 29.9 Å². The Kier molecular flexibility index (Phi) is 9.79. The Morgan fingerprint density at radius 1 is 1.07 bits per heavy atom. The second-order valence-electron chi connectivity index (χ2n) is 15.4. The zero-order chi connectivity index (χ0) is 43.3. The maximum atomic E-state index is 15.7. The van der Waals surface area contributed by atoms with E-state index in [9.17, 15) is 44.7 Å². The molecule has 0 aliphatic heterocycles. The van der Waals surface area contributed by atoms with Crippen molar-refractivity contribution in [1.29, 1.82) is 0 Å². The first-order chi connectivity index (χ1) is 27.9. The summed E-state index contributed by atoms with van der Waals surface area (Å²) in [6.45, 7) is -1.09. The topological polar surface area (TPSA) is 144 Å². The standard InChI is InChI=1S/C39H32ClF8N7O4S/c1-54-32-23(9-11-26(40)30(32)35(52-54)53-60(2,58)59)22-7-6-21(12-13-36(57)17-37(42,43)18-36)49-31(22)27(15-19-4-3-5-20(41)14-19)50-28(56)16-55-34-29(33(51-55)39(46,47)48)24-8-10-25(24)38(34,44)45/h3-7,9,11,14,24-25,27,57H,8,10,15-18H2,1-2H3,(H,50,56)(H,52,53)/t24-,25+,27-/m0/s1. The molecule has 3 heterocycles. The van der Waals surface area contributed by atoms with Crippen molar-refractivity contribution in [2.75, 3.05) is 11.0 Å². The van der Waals surface area contributed by atoms with Gasteiger partial charge in [-0.2, -0.15) is 32.1 Å². The van der Waals surface area contributed by atoms with Crippen LogP contribution in [0.15, 0.2) is 48.5 Å². The average molecular weight is 882 g/mol. The van der Waals surface area contributed by atoms with Gasteiger partial charge in [0.1, 0.15) is 29.4 Å². The molecule has 0 spiro atoms. The molecule has 5 aromatic rings. The van der Waals surface area contributed by atoms with E-state index < -0.39 is 99.6 Å². The molecular weight excluding hydrogens is 850 g/mol. The van der Waals surface area contributed by atoms with Gasteiger partial charge in [-0.25, -0.2) is 26.6 Å². The molecule has 0 unspecified atom stereocenters. The number of nitrogens with one attached hydrogen (secondary N) is 2. The number of fused-ring (bicyclic) bond motifs is 4. The van der Waals surface area contributed by atoms with Crippen LogP contribution in [0.4, 0.5) is 40.9 Å². The molecule has 0 bridgehead atoms. The zero-order valence-corrected chi connectivity index (χ0v) is 32.9. The van der Waals surface area contributed by atoms with E-state index in [1.807, 2.05) is 0 Å². The fourth-order valence-corrected chi connectivity index (χ4v) is 9.14. The molecule has 3 atom stereocenters. The van der Waals surface area contributed by atoms with E-state index >= 15 is 8.78 Å². The van der Waals surface area contributed by atoms with Gasteiger partial charge in [-0.1, -0.05) is 35.7 Å². The highest BCUT2D eigenvalue weighted by Gasteiger charge is 2.63. The van der Waals surface area contributed by atoms with Gasteiger partial charge in [-0.15, -0.1) is 0 Å². The van der Waals surface area contributed by atoms with Crippen molar-refractivity contribution in [3.8, 4) is 23.0 Å². The maximum Gasteiger partial charge on any atom is 0.435 e. The van der Waals surface area contributed by atoms with E-state index in [1.165, 1.54) is 48.1 Å². The lowest BCUT2D eigenvalue weighted by Gasteiger charge is -2.39. The maximum absolute atomic E-state index is 15.7. The van der Waals surface area contributed by atoms with Gasteiger partial charge in [0.15, 0.2) is 11.5 Å². The minimum Gasteiger partial charge on any atom is -0.377 e. The van der Waals surface area contributed by atoms with Crippen LogP contribution in [-0.4, -0.2) is 61.8 Å². The normalized spacial score (nSPS) is 20.3. The molecule has 316 valence electrons. The quantitative estimate of drug-likeness (QED) is 0.105. The van der Waals surface area contributed by atoms with Gasteiger partial charge >= 0.3 is 6.18 Å². The van der Waals surface area contributed by atoms with Crippen LogP contribution in [0.5, 0.6) is 0 Å². The van der Waals surface area contributed by atoms with E-state index in [4.69, 9.17) is 11.6 Å². The Balaban J connectivity index is 1.27. The van der Waals surface area contributed by atoms with E-state index in [-0.39, 0.29) is 63.5 Å². The molecule has 2 aromatic carbocycles. The minimum absolute atomic E-state index is 0.0144. The number of rotatable bonds is 9. The molecule has 3 aliphatic carbocycles. The molecule has 8 rings (SSSR count). The number of aliphatic hydroxyl groups is 1. The third-order valence-corrected chi connectivity index (χ3v) is 11.8. The molecule has 0 saturated heterocycles.